The number of aryl methyl sites for hydroxylation is 1. The van der Waals surface area contributed by atoms with Gasteiger partial charge in [0.2, 0.25) is 0 Å². The maximum absolute atomic E-state index is 12.3. The zero-order valence-electron chi connectivity index (χ0n) is 16.1. The highest BCUT2D eigenvalue weighted by atomic mass is 32.1. The lowest BCUT2D eigenvalue weighted by Gasteiger charge is -2.36. The first-order valence-electron chi connectivity index (χ1n) is 9.45. The minimum absolute atomic E-state index is 0.0327. The number of urea groups is 1. The molecule has 2 heterocycles. The van der Waals surface area contributed by atoms with E-state index < -0.39 is 23.5 Å². The van der Waals surface area contributed by atoms with Gasteiger partial charge in [-0.3, -0.25) is 4.79 Å². The summed E-state index contributed by atoms with van der Waals surface area (Å²) >= 11 is 1.75. The molecular weight excluding hydrogens is 427 g/mol. The highest BCUT2D eigenvalue weighted by molar-refractivity contribution is 7.11. The standard InChI is InChI=1S/C16H21N3O3S.C2HF3O2/c1-9-8-17-13(23-9)10-2-4-19(5-3-10)15(22)18-12-7-16(14(20)21)6-11(12)16;3-2(4,5)1(6)7/h8,10-12H,2-7H2,1H3,(H,18,22)(H,20,21);(H,6,7)/t11-,12-,16-;/m1./s1. The number of alkyl halides is 3. The predicted octanol–water partition coefficient (Wildman–Crippen LogP) is 2.84. The van der Waals surface area contributed by atoms with Crippen LogP contribution in [0.1, 0.15) is 41.5 Å². The van der Waals surface area contributed by atoms with E-state index in [0.29, 0.717) is 12.3 Å². The minimum atomic E-state index is -5.08. The molecule has 0 bridgehead atoms. The van der Waals surface area contributed by atoms with Gasteiger partial charge in [0.05, 0.1) is 10.4 Å². The molecule has 3 atom stereocenters. The van der Waals surface area contributed by atoms with Crippen molar-refractivity contribution in [1.29, 1.82) is 0 Å². The molecule has 166 valence electrons. The Kier molecular flexibility index (Phi) is 5.99. The number of nitrogens with one attached hydrogen (secondary N) is 1. The molecule has 2 amide bonds. The number of hydrogen-bond donors (Lipinski definition) is 3. The van der Waals surface area contributed by atoms with Crippen LogP contribution >= 0.6 is 11.3 Å². The molecule has 2 aliphatic carbocycles. The van der Waals surface area contributed by atoms with E-state index in [9.17, 15) is 22.8 Å². The molecule has 12 heteroatoms. The second kappa shape index (κ2) is 8.05. The van der Waals surface area contributed by atoms with Gasteiger partial charge in [-0.05, 0) is 38.5 Å². The average Bonchev–Trinajstić information content (AvgIpc) is 3.05. The van der Waals surface area contributed by atoms with E-state index in [1.165, 1.54) is 9.88 Å². The Morgan fingerprint density at radius 3 is 2.23 bits per heavy atom. The summed E-state index contributed by atoms with van der Waals surface area (Å²) in [6.07, 6.45) is 0.0490. The molecule has 3 fully saturated rings. The number of carboxylic acids is 2. The number of aliphatic carboxylic acids is 2. The molecule has 30 heavy (non-hydrogen) atoms. The van der Waals surface area contributed by atoms with Gasteiger partial charge >= 0.3 is 24.1 Å². The van der Waals surface area contributed by atoms with E-state index in [2.05, 4.69) is 17.2 Å². The summed E-state index contributed by atoms with van der Waals surface area (Å²) in [5.74, 6) is -2.84. The van der Waals surface area contributed by atoms with Crippen molar-refractivity contribution in [3.63, 3.8) is 0 Å². The first-order chi connectivity index (χ1) is 13.9. The number of rotatable bonds is 3. The number of piperidine rings is 1. The number of carboxylic acid groups (broad SMARTS) is 2. The van der Waals surface area contributed by atoms with Crippen LogP contribution in [-0.2, 0) is 9.59 Å². The van der Waals surface area contributed by atoms with Crippen LogP contribution in [0.15, 0.2) is 6.20 Å². The van der Waals surface area contributed by atoms with Gasteiger partial charge in [-0.1, -0.05) is 0 Å². The molecule has 0 radical (unpaired) electrons. The highest BCUT2D eigenvalue weighted by Crippen LogP contribution is 2.67. The van der Waals surface area contributed by atoms with Crippen molar-refractivity contribution in [1.82, 2.24) is 15.2 Å². The monoisotopic (exact) mass is 449 g/mol. The van der Waals surface area contributed by atoms with E-state index in [4.69, 9.17) is 15.0 Å². The van der Waals surface area contributed by atoms with Gasteiger partial charge in [-0.2, -0.15) is 13.2 Å². The third kappa shape index (κ3) is 4.52. The summed E-state index contributed by atoms with van der Waals surface area (Å²) < 4.78 is 31.7. The molecule has 0 unspecified atom stereocenters. The molecule has 0 spiro atoms. The van der Waals surface area contributed by atoms with Crippen molar-refractivity contribution in [2.24, 2.45) is 11.3 Å². The summed E-state index contributed by atoms with van der Waals surface area (Å²) in [5, 5.41) is 20.5. The third-order valence-electron chi connectivity index (χ3n) is 5.95. The van der Waals surface area contributed by atoms with Crippen LogP contribution < -0.4 is 5.32 Å². The van der Waals surface area contributed by atoms with Crippen LogP contribution in [-0.4, -0.2) is 63.4 Å². The predicted molar refractivity (Wildman–Crippen MR) is 99.2 cm³/mol. The normalized spacial score (nSPS) is 27.8. The number of likely N-dealkylation sites (tertiary alicyclic amines) is 1. The first-order valence-corrected chi connectivity index (χ1v) is 10.3. The Bertz CT molecular complexity index is 837. The second-order valence-electron chi connectivity index (χ2n) is 7.91. The lowest BCUT2D eigenvalue weighted by Crippen LogP contribution is -2.53. The number of amides is 2. The zero-order valence-corrected chi connectivity index (χ0v) is 16.9. The second-order valence-corrected chi connectivity index (χ2v) is 9.17. The quantitative estimate of drug-likeness (QED) is 0.653. The largest absolute Gasteiger partial charge is 0.490 e. The fourth-order valence-corrected chi connectivity index (χ4v) is 5.04. The first kappa shape index (κ1) is 22.3. The highest BCUT2D eigenvalue weighted by Gasteiger charge is 2.72. The summed E-state index contributed by atoms with van der Waals surface area (Å²) in [4.78, 5) is 39.9. The van der Waals surface area contributed by atoms with Crippen molar-refractivity contribution in [3.05, 3.63) is 16.1 Å². The van der Waals surface area contributed by atoms with Gasteiger partial charge in [0.1, 0.15) is 0 Å². The molecular formula is C18H22F3N3O5S. The molecule has 1 aliphatic heterocycles. The van der Waals surface area contributed by atoms with Gasteiger partial charge in [0, 0.05) is 36.1 Å². The molecule has 3 aliphatic rings. The molecule has 8 nitrogen and oxygen atoms in total. The van der Waals surface area contributed by atoms with Crippen molar-refractivity contribution < 1.29 is 37.8 Å². The zero-order chi connectivity index (χ0) is 22.3. The molecule has 2 saturated carbocycles. The lowest BCUT2D eigenvalue weighted by molar-refractivity contribution is -0.192. The van der Waals surface area contributed by atoms with E-state index in [0.717, 1.165) is 32.4 Å². The number of carbonyl (C=O) groups is 3. The molecule has 1 saturated heterocycles. The minimum Gasteiger partial charge on any atom is -0.481 e. The third-order valence-corrected chi connectivity index (χ3v) is 7.03. The Morgan fingerprint density at radius 2 is 1.83 bits per heavy atom. The Labute approximate surface area is 174 Å². The van der Waals surface area contributed by atoms with Crippen LogP contribution in [0.3, 0.4) is 0 Å². The molecule has 0 aromatic carbocycles. The number of carbonyl (C=O) groups excluding carboxylic acids is 1. The van der Waals surface area contributed by atoms with Crippen molar-refractivity contribution >= 4 is 29.3 Å². The lowest BCUT2D eigenvalue weighted by atomic mass is 9.80. The number of aromatic nitrogens is 1. The Morgan fingerprint density at radius 1 is 1.23 bits per heavy atom. The van der Waals surface area contributed by atoms with E-state index in [1.54, 1.807) is 11.3 Å². The number of hydrogen-bond acceptors (Lipinski definition) is 5. The maximum atomic E-state index is 12.3. The smallest absolute Gasteiger partial charge is 0.481 e. The van der Waals surface area contributed by atoms with Crippen LogP contribution in [0.25, 0.3) is 0 Å². The van der Waals surface area contributed by atoms with E-state index >= 15 is 0 Å². The molecule has 3 N–H and O–H groups in total. The summed E-state index contributed by atoms with van der Waals surface area (Å²) in [7, 11) is 0. The topological polar surface area (TPSA) is 120 Å². The number of halogens is 3. The SMILES string of the molecule is Cc1cnc(C2CCN(C(=O)N[C@@H]3C[C@]4(C(=O)O)C[C@H]34)CC2)s1.O=C(O)C(F)(F)F. The van der Waals surface area contributed by atoms with E-state index in [1.807, 2.05) is 11.1 Å². The van der Waals surface area contributed by atoms with Gasteiger partial charge in [-0.25, -0.2) is 14.6 Å². The fourth-order valence-electron chi connectivity index (χ4n) is 4.09. The average molecular weight is 449 g/mol. The van der Waals surface area contributed by atoms with Gasteiger partial charge < -0.3 is 20.4 Å². The van der Waals surface area contributed by atoms with Crippen molar-refractivity contribution in [2.75, 3.05) is 13.1 Å². The number of fused-ring (bicyclic) bond motifs is 1. The number of thiazole rings is 1. The van der Waals surface area contributed by atoms with Crippen molar-refractivity contribution in [2.45, 2.75) is 50.7 Å². The Balaban J connectivity index is 0.000000318. The van der Waals surface area contributed by atoms with Crippen molar-refractivity contribution in [3.8, 4) is 0 Å². The van der Waals surface area contributed by atoms with Crippen LogP contribution in [0, 0.1) is 18.3 Å². The summed E-state index contributed by atoms with van der Waals surface area (Å²) in [5.41, 5.74) is -0.506. The number of nitrogens with zero attached hydrogens (tertiary/aromatic N) is 2. The molecule has 1 aromatic rings. The maximum Gasteiger partial charge on any atom is 0.490 e. The van der Waals surface area contributed by atoms with Crippen LogP contribution in [0.5, 0.6) is 0 Å². The van der Waals surface area contributed by atoms with Gasteiger partial charge in [-0.15, -0.1) is 11.3 Å². The fraction of sp³-hybridized carbons (Fsp3) is 0.667. The summed E-state index contributed by atoms with van der Waals surface area (Å²) in [6, 6.07) is 0.0209. The van der Waals surface area contributed by atoms with E-state index in [-0.39, 0.29) is 18.0 Å². The molecule has 1 aromatic heterocycles. The van der Waals surface area contributed by atoms with Crippen LogP contribution in [0.4, 0.5) is 18.0 Å². The van der Waals surface area contributed by atoms with Crippen LogP contribution in [0.2, 0.25) is 0 Å². The Hall–Kier alpha value is -2.37. The van der Waals surface area contributed by atoms with Gasteiger partial charge in [0.15, 0.2) is 0 Å². The van der Waals surface area contributed by atoms with Gasteiger partial charge in [0.25, 0.3) is 0 Å². The molecule has 4 rings (SSSR count). The summed E-state index contributed by atoms with van der Waals surface area (Å²) in [6.45, 7) is 3.56.